The van der Waals surface area contributed by atoms with Crippen LogP contribution in [0.5, 0.6) is 0 Å². The van der Waals surface area contributed by atoms with Gasteiger partial charge in [0.1, 0.15) is 0 Å². The van der Waals surface area contributed by atoms with E-state index in [-0.39, 0.29) is 5.91 Å². The number of para-hydroxylation sites is 1. The van der Waals surface area contributed by atoms with Gasteiger partial charge in [-0.3, -0.25) is 14.7 Å². The Labute approximate surface area is 183 Å². The molecule has 3 aromatic rings. The number of thioether (sulfide) groups is 2. The van der Waals surface area contributed by atoms with E-state index < -0.39 is 0 Å². The van der Waals surface area contributed by atoms with Crippen molar-refractivity contribution in [1.29, 1.82) is 0 Å². The first-order valence-corrected chi connectivity index (χ1v) is 11.4. The number of carbonyl (C=O) groups is 1. The summed E-state index contributed by atoms with van der Waals surface area (Å²) in [6, 6.07) is 16.2. The summed E-state index contributed by atoms with van der Waals surface area (Å²) < 4.78 is 2.26. The highest BCUT2D eigenvalue weighted by molar-refractivity contribution is 8.18. The first-order chi connectivity index (χ1) is 14.1. The van der Waals surface area contributed by atoms with Crippen molar-refractivity contribution < 1.29 is 4.79 Å². The minimum absolute atomic E-state index is 0.00859. The molecule has 0 bridgehead atoms. The zero-order valence-electron chi connectivity index (χ0n) is 16.1. The molecule has 1 saturated heterocycles. The molecule has 0 N–H and O–H groups in total. The maximum Gasteiger partial charge on any atom is 0.266 e. The Bertz CT molecular complexity index is 1120. The van der Waals surface area contributed by atoms with Crippen LogP contribution in [0.25, 0.3) is 17.0 Å². The predicted molar refractivity (Wildman–Crippen MR) is 126 cm³/mol. The highest BCUT2D eigenvalue weighted by atomic mass is 35.5. The lowest BCUT2D eigenvalue weighted by atomic mass is 10.1. The normalized spacial score (nSPS) is 17.2. The number of likely N-dealkylation sites (N-methyl/N-ethyl adjacent to an activating group) is 1. The van der Waals surface area contributed by atoms with Crippen molar-refractivity contribution in [3.63, 3.8) is 0 Å². The summed E-state index contributed by atoms with van der Waals surface area (Å²) in [5.41, 5.74) is 2.22. The Morgan fingerprint density at radius 1 is 1.17 bits per heavy atom. The van der Waals surface area contributed by atoms with Gasteiger partial charge < -0.3 is 4.57 Å². The number of hydrogen-bond donors (Lipinski definition) is 0. The minimum Gasteiger partial charge on any atom is -0.346 e. The van der Waals surface area contributed by atoms with Gasteiger partial charge in [0.05, 0.1) is 4.91 Å². The second kappa shape index (κ2) is 8.69. The summed E-state index contributed by atoms with van der Waals surface area (Å²) in [6.07, 6.45) is 4.11. The standard InChI is InChI=1S/C22H20ClN3OS2/c1-24-22-25(2)21(27)20(29-22)13-15-14-26(19-6-4-3-5-18(15)19)11-12-28-17-9-7-16(23)8-10-17/h3-10,13-14H,11-12H2,1-2H3/b20-13-,24-22?. The van der Waals surface area contributed by atoms with Gasteiger partial charge in [-0.25, -0.2) is 0 Å². The summed E-state index contributed by atoms with van der Waals surface area (Å²) in [7, 11) is 3.47. The molecule has 0 aliphatic carbocycles. The molecule has 0 spiro atoms. The Kier molecular flexibility index (Phi) is 6.04. The molecule has 0 radical (unpaired) electrons. The van der Waals surface area contributed by atoms with E-state index in [1.165, 1.54) is 22.2 Å². The number of aliphatic imine (C=N–C) groups is 1. The Morgan fingerprint density at radius 2 is 1.93 bits per heavy atom. The molecular weight excluding hydrogens is 422 g/mol. The molecule has 1 fully saturated rings. The highest BCUT2D eigenvalue weighted by Gasteiger charge is 2.30. The molecule has 7 heteroatoms. The van der Waals surface area contributed by atoms with E-state index in [9.17, 15) is 4.79 Å². The van der Waals surface area contributed by atoms with Crippen LogP contribution in [0.3, 0.4) is 0 Å². The topological polar surface area (TPSA) is 37.6 Å². The van der Waals surface area contributed by atoms with Gasteiger partial charge in [-0.1, -0.05) is 29.8 Å². The van der Waals surface area contributed by atoms with Gasteiger partial charge in [-0.15, -0.1) is 11.8 Å². The van der Waals surface area contributed by atoms with E-state index in [2.05, 4.69) is 27.9 Å². The van der Waals surface area contributed by atoms with Gasteiger partial charge in [0.25, 0.3) is 5.91 Å². The SMILES string of the molecule is CN=C1S/C(=C\c2cn(CCSc3ccc(Cl)cc3)c3ccccc23)C(=O)N1C. The van der Waals surface area contributed by atoms with E-state index in [0.29, 0.717) is 4.91 Å². The van der Waals surface area contributed by atoms with Crippen molar-refractivity contribution in [2.45, 2.75) is 11.4 Å². The molecule has 1 aromatic heterocycles. The zero-order valence-corrected chi connectivity index (χ0v) is 18.5. The number of carbonyl (C=O) groups excluding carboxylic acids is 1. The zero-order chi connectivity index (χ0) is 20.4. The van der Waals surface area contributed by atoms with Gasteiger partial charge in [0.2, 0.25) is 0 Å². The Hall–Kier alpha value is -2.15. The van der Waals surface area contributed by atoms with Gasteiger partial charge in [-0.05, 0) is 48.2 Å². The van der Waals surface area contributed by atoms with Crippen LogP contribution in [0.15, 0.2) is 69.5 Å². The molecule has 29 heavy (non-hydrogen) atoms. The minimum atomic E-state index is -0.00859. The molecule has 148 valence electrons. The molecule has 1 aliphatic heterocycles. The summed E-state index contributed by atoms with van der Waals surface area (Å²) in [4.78, 5) is 20.2. The van der Waals surface area contributed by atoms with Crippen LogP contribution < -0.4 is 0 Å². The molecule has 0 saturated carbocycles. The van der Waals surface area contributed by atoms with Gasteiger partial charge in [-0.2, -0.15) is 0 Å². The predicted octanol–water partition coefficient (Wildman–Crippen LogP) is 5.62. The van der Waals surface area contributed by atoms with Crippen LogP contribution in [-0.2, 0) is 11.3 Å². The molecule has 1 aliphatic rings. The smallest absolute Gasteiger partial charge is 0.266 e. The lowest BCUT2D eigenvalue weighted by molar-refractivity contribution is -0.121. The number of hydrogen-bond acceptors (Lipinski definition) is 4. The fraction of sp³-hybridized carbons (Fsp3) is 0.182. The van der Waals surface area contributed by atoms with Crippen molar-refractivity contribution in [3.8, 4) is 0 Å². The monoisotopic (exact) mass is 441 g/mol. The second-order valence-corrected chi connectivity index (χ2v) is 9.19. The Balaban J connectivity index is 1.58. The molecule has 4 rings (SSSR count). The van der Waals surface area contributed by atoms with Crippen molar-refractivity contribution in [3.05, 3.63) is 70.2 Å². The number of benzene rings is 2. The third-order valence-electron chi connectivity index (χ3n) is 4.72. The average molecular weight is 442 g/mol. The molecular formula is C22H20ClN3OS2. The molecule has 4 nitrogen and oxygen atoms in total. The van der Waals surface area contributed by atoms with Crippen molar-refractivity contribution in [1.82, 2.24) is 9.47 Å². The second-order valence-electron chi connectivity index (χ2n) is 6.58. The Morgan fingerprint density at radius 3 is 2.66 bits per heavy atom. The highest BCUT2D eigenvalue weighted by Crippen LogP contribution is 2.33. The first-order valence-electron chi connectivity index (χ1n) is 9.17. The number of halogens is 1. The fourth-order valence-electron chi connectivity index (χ4n) is 3.26. The van der Waals surface area contributed by atoms with Crippen LogP contribution in [0.2, 0.25) is 5.02 Å². The van der Waals surface area contributed by atoms with E-state index >= 15 is 0 Å². The summed E-state index contributed by atoms with van der Waals surface area (Å²) >= 11 is 9.18. The third-order valence-corrected chi connectivity index (χ3v) is 7.11. The number of amidine groups is 1. The van der Waals surface area contributed by atoms with Crippen molar-refractivity contribution in [2.24, 2.45) is 4.99 Å². The number of nitrogens with zero attached hydrogens (tertiary/aromatic N) is 3. The van der Waals surface area contributed by atoms with Gasteiger partial charge in [0.15, 0.2) is 5.17 Å². The van der Waals surface area contributed by atoms with Crippen LogP contribution in [0.4, 0.5) is 0 Å². The molecule has 0 atom stereocenters. The lowest BCUT2D eigenvalue weighted by Crippen LogP contribution is -2.23. The summed E-state index contributed by atoms with van der Waals surface area (Å²) in [5, 5.41) is 2.63. The van der Waals surface area contributed by atoms with E-state index in [4.69, 9.17) is 11.6 Å². The van der Waals surface area contributed by atoms with Gasteiger partial charge >= 0.3 is 0 Å². The maximum atomic E-state index is 12.5. The molecule has 2 aromatic carbocycles. The van der Waals surface area contributed by atoms with Crippen LogP contribution in [-0.4, -0.2) is 40.4 Å². The third kappa shape index (κ3) is 4.25. The summed E-state index contributed by atoms with van der Waals surface area (Å²) in [6.45, 7) is 0.875. The largest absolute Gasteiger partial charge is 0.346 e. The van der Waals surface area contributed by atoms with E-state index in [1.807, 2.05) is 42.5 Å². The van der Waals surface area contributed by atoms with E-state index in [1.54, 1.807) is 30.8 Å². The molecule has 1 amide bonds. The summed E-state index contributed by atoms with van der Waals surface area (Å²) in [5.74, 6) is 0.935. The maximum absolute atomic E-state index is 12.5. The number of fused-ring (bicyclic) bond motifs is 1. The number of rotatable bonds is 5. The first kappa shape index (κ1) is 20.1. The fourth-order valence-corrected chi connectivity index (χ4v) is 5.15. The number of aromatic nitrogens is 1. The number of aryl methyl sites for hydroxylation is 1. The number of amides is 1. The van der Waals surface area contributed by atoms with Crippen LogP contribution in [0, 0.1) is 0 Å². The van der Waals surface area contributed by atoms with Crippen LogP contribution in [0.1, 0.15) is 5.56 Å². The van der Waals surface area contributed by atoms with Crippen molar-refractivity contribution >= 4 is 63.2 Å². The lowest BCUT2D eigenvalue weighted by Gasteiger charge is -2.05. The van der Waals surface area contributed by atoms with E-state index in [0.717, 1.165) is 33.4 Å². The average Bonchev–Trinajstić information content (AvgIpc) is 3.22. The quantitative estimate of drug-likeness (QED) is 0.381. The molecule has 0 unspecified atom stereocenters. The van der Waals surface area contributed by atoms with Gasteiger partial charge in [0, 0.05) is 59.0 Å². The van der Waals surface area contributed by atoms with Crippen LogP contribution >= 0.6 is 35.1 Å². The molecule has 2 heterocycles. The van der Waals surface area contributed by atoms with Crippen molar-refractivity contribution in [2.75, 3.05) is 19.8 Å².